The number of rotatable bonds is 9. The molecule has 1 aliphatic rings. The van der Waals surface area contributed by atoms with Crippen molar-refractivity contribution in [1.82, 2.24) is 9.21 Å². The Morgan fingerprint density at radius 2 is 1.96 bits per heavy atom. The van der Waals surface area contributed by atoms with Crippen molar-refractivity contribution in [2.24, 2.45) is 5.41 Å². The minimum Gasteiger partial charge on any atom is -0.447 e. The molecule has 1 aromatic rings. The summed E-state index contributed by atoms with van der Waals surface area (Å²) < 4.78 is 36.9. The maximum Gasteiger partial charge on any atom is 0.275 e. The van der Waals surface area contributed by atoms with Gasteiger partial charge in [0.05, 0.1) is 12.6 Å². The lowest BCUT2D eigenvalue weighted by molar-refractivity contribution is -0.150. The number of hydrogen-bond acceptors (Lipinski definition) is 5. The maximum absolute atomic E-state index is 12.1. The molecule has 144 valence electrons. The van der Waals surface area contributed by atoms with E-state index in [1.54, 1.807) is 6.07 Å². The van der Waals surface area contributed by atoms with Gasteiger partial charge in [-0.15, -0.1) is 0 Å². The molecule has 0 aromatic carbocycles. The highest BCUT2D eigenvalue weighted by Gasteiger charge is 2.50. The van der Waals surface area contributed by atoms with E-state index >= 15 is 0 Å². The normalized spacial score (nSPS) is 23.2. The third-order valence-corrected chi connectivity index (χ3v) is 6.94. The average Bonchev–Trinajstić information content (AvgIpc) is 2.98. The first kappa shape index (κ1) is 20.4. The summed E-state index contributed by atoms with van der Waals surface area (Å²) in [5, 5.41) is -0.00505. The van der Waals surface area contributed by atoms with Gasteiger partial charge in [0.1, 0.15) is 5.76 Å². The van der Waals surface area contributed by atoms with E-state index < -0.39 is 10.0 Å². The molecule has 0 spiro atoms. The molecule has 1 heterocycles. The molecular formula is C18H32N2O4S. The van der Waals surface area contributed by atoms with Crippen LogP contribution in [0.1, 0.15) is 45.8 Å². The maximum atomic E-state index is 12.1. The highest BCUT2D eigenvalue weighted by Crippen LogP contribution is 2.45. The van der Waals surface area contributed by atoms with Gasteiger partial charge >= 0.3 is 0 Å². The molecule has 0 amide bonds. The molecular weight excluding hydrogens is 340 g/mol. The smallest absolute Gasteiger partial charge is 0.275 e. The predicted octanol–water partition coefficient (Wildman–Crippen LogP) is 2.95. The zero-order valence-electron chi connectivity index (χ0n) is 16.3. The number of unbranched alkanes of at least 4 members (excludes halogenated alkanes) is 1. The zero-order valence-corrected chi connectivity index (χ0v) is 17.1. The quantitative estimate of drug-likeness (QED) is 0.624. The number of furan rings is 1. The lowest BCUT2D eigenvalue weighted by atomic mass is 9.64. The number of hydrogen-bond donors (Lipinski definition) is 0. The highest BCUT2D eigenvalue weighted by atomic mass is 32.2. The van der Waals surface area contributed by atoms with Crippen LogP contribution in [-0.4, -0.2) is 57.5 Å². The van der Waals surface area contributed by atoms with Crippen LogP contribution in [0.25, 0.3) is 0 Å². The van der Waals surface area contributed by atoms with Gasteiger partial charge in [-0.3, -0.25) is 4.90 Å². The highest BCUT2D eigenvalue weighted by molar-refractivity contribution is 7.88. The van der Waals surface area contributed by atoms with Crippen LogP contribution in [0.4, 0.5) is 0 Å². The van der Waals surface area contributed by atoms with Gasteiger partial charge in [-0.05, 0) is 32.0 Å². The van der Waals surface area contributed by atoms with Crippen molar-refractivity contribution in [3.05, 3.63) is 17.9 Å². The second kappa shape index (κ2) is 7.78. The number of ether oxygens (including phenoxy) is 1. The van der Waals surface area contributed by atoms with Crippen molar-refractivity contribution >= 4 is 10.0 Å². The summed E-state index contributed by atoms with van der Waals surface area (Å²) in [6.07, 6.45) is 3.53. The summed E-state index contributed by atoms with van der Waals surface area (Å²) in [6.45, 7) is 8.04. The Labute approximate surface area is 152 Å². The van der Waals surface area contributed by atoms with E-state index in [1.807, 2.05) is 0 Å². The topological polar surface area (TPSA) is 63.0 Å². The van der Waals surface area contributed by atoms with Crippen LogP contribution in [-0.2, 0) is 21.3 Å². The molecule has 0 bridgehead atoms. The van der Waals surface area contributed by atoms with Crippen LogP contribution in [0.5, 0.6) is 0 Å². The molecule has 2 rings (SSSR count). The molecule has 1 aromatic heterocycles. The first-order valence-electron chi connectivity index (χ1n) is 8.93. The summed E-state index contributed by atoms with van der Waals surface area (Å²) in [7, 11) is 1.53. The predicted molar refractivity (Wildman–Crippen MR) is 97.9 cm³/mol. The van der Waals surface area contributed by atoms with Gasteiger partial charge in [0, 0.05) is 32.2 Å². The molecule has 1 saturated carbocycles. The Hall–Kier alpha value is -0.890. The van der Waals surface area contributed by atoms with Crippen LogP contribution < -0.4 is 0 Å². The van der Waals surface area contributed by atoms with Crippen molar-refractivity contribution in [2.45, 2.75) is 63.8 Å². The fraction of sp³-hybridized carbons (Fsp3) is 0.778. The van der Waals surface area contributed by atoms with Crippen LogP contribution in [0.15, 0.2) is 21.6 Å². The van der Waals surface area contributed by atoms with Crippen molar-refractivity contribution in [2.75, 3.05) is 27.7 Å². The molecule has 6 nitrogen and oxygen atoms in total. The number of sulfonamides is 1. The van der Waals surface area contributed by atoms with Gasteiger partial charge in [0.2, 0.25) is 5.09 Å². The van der Waals surface area contributed by atoms with Gasteiger partial charge < -0.3 is 9.15 Å². The largest absolute Gasteiger partial charge is 0.447 e. The van der Waals surface area contributed by atoms with Crippen molar-refractivity contribution in [3.8, 4) is 0 Å². The molecule has 0 unspecified atom stereocenters. The van der Waals surface area contributed by atoms with Gasteiger partial charge in [-0.1, -0.05) is 27.2 Å². The van der Waals surface area contributed by atoms with E-state index in [9.17, 15) is 8.42 Å². The van der Waals surface area contributed by atoms with E-state index in [0.717, 1.165) is 30.2 Å². The monoisotopic (exact) mass is 372 g/mol. The van der Waals surface area contributed by atoms with Crippen molar-refractivity contribution in [1.29, 1.82) is 0 Å². The van der Waals surface area contributed by atoms with Crippen LogP contribution in [0, 0.1) is 5.41 Å². The Balaban J connectivity index is 1.95. The van der Waals surface area contributed by atoms with Crippen molar-refractivity contribution < 1.29 is 17.6 Å². The van der Waals surface area contributed by atoms with Gasteiger partial charge in [0.15, 0.2) is 0 Å². The molecule has 0 N–H and O–H groups in total. The summed E-state index contributed by atoms with van der Waals surface area (Å²) in [5.41, 5.74) is 0.0770. The fourth-order valence-electron chi connectivity index (χ4n) is 3.38. The fourth-order valence-corrected chi connectivity index (χ4v) is 4.20. The van der Waals surface area contributed by atoms with Crippen LogP contribution in [0.3, 0.4) is 0 Å². The first-order valence-corrected chi connectivity index (χ1v) is 10.4. The molecule has 1 aliphatic carbocycles. The Morgan fingerprint density at radius 3 is 2.52 bits per heavy atom. The lowest BCUT2D eigenvalue weighted by Crippen LogP contribution is -2.61. The number of nitrogens with zero attached hydrogens (tertiary/aromatic N) is 2. The Morgan fingerprint density at radius 1 is 1.28 bits per heavy atom. The van der Waals surface area contributed by atoms with Crippen LogP contribution in [0.2, 0.25) is 0 Å². The molecule has 0 radical (unpaired) electrons. The molecule has 2 atom stereocenters. The minimum absolute atomic E-state index is 0.00505. The summed E-state index contributed by atoms with van der Waals surface area (Å²) in [6, 6.07) is 3.66. The van der Waals surface area contributed by atoms with E-state index in [4.69, 9.17) is 9.15 Å². The van der Waals surface area contributed by atoms with E-state index in [2.05, 4.69) is 32.7 Å². The standard InChI is InChI=1S/C18H32N2O4S/c1-7-8-11-23-16-12-15(18(16,2)3)20(6)13-14-9-10-17(24-14)25(21,22)19(4)5/h9-10,15-16H,7-8,11-13H2,1-6H3/t15-,16-/m1/s1. The minimum atomic E-state index is -3.52. The Bertz CT molecular complexity index is 666. The average molecular weight is 373 g/mol. The van der Waals surface area contributed by atoms with Gasteiger partial charge in [0.25, 0.3) is 10.0 Å². The lowest BCUT2D eigenvalue weighted by Gasteiger charge is -2.55. The molecule has 1 fully saturated rings. The first-order chi connectivity index (χ1) is 11.6. The van der Waals surface area contributed by atoms with E-state index in [0.29, 0.717) is 18.3 Å². The molecule has 7 heteroatoms. The molecule has 0 aliphatic heterocycles. The second-order valence-electron chi connectivity index (χ2n) is 7.71. The van der Waals surface area contributed by atoms with Crippen molar-refractivity contribution in [3.63, 3.8) is 0 Å². The second-order valence-corrected chi connectivity index (χ2v) is 9.79. The third kappa shape index (κ3) is 4.27. The summed E-state index contributed by atoms with van der Waals surface area (Å²) in [5.74, 6) is 0.661. The van der Waals surface area contributed by atoms with E-state index in [-0.39, 0.29) is 16.6 Å². The summed E-state index contributed by atoms with van der Waals surface area (Å²) in [4.78, 5) is 2.23. The SMILES string of the molecule is CCCCO[C@@H]1C[C@@H](N(C)Cc2ccc(S(=O)(=O)N(C)C)o2)C1(C)C. The van der Waals surface area contributed by atoms with E-state index in [1.165, 1.54) is 20.2 Å². The summed E-state index contributed by atoms with van der Waals surface area (Å²) >= 11 is 0. The van der Waals surface area contributed by atoms with Gasteiger partial charge in [-0.2, -0.15) is 0 Å². The third-order valence-electron chi connectivity index (χ3n) is 5.25. The zero-order chi connectivity index (χ0) is 18.8. The Kier molecular flexibility index (Phi) is 6.35. The van der Waals surface area contributed by atoms with Crippen LogP contribution >= 0.6 is 0 Å². The molecule has 25 heavy (non-hydrogen) atoms. The van der Waals surface area contributed by atoms with Gasteiger partial charge in [-0.25, -0.2) is 12.7 Å². The molecule has 0 saturated heterocycles.